The Morgan fingerprint density at radius 1 is 1.24 bits per heavy atom. The first-order chi connectivity index (χ1) is 10.1. The van der Waals surface area contributed by atoms with Crippen LogP contribution in [0.25, 0.3) is 0 Å². The summed E-state index contributed by atoms with van der Waals surface area (Å²) in [5.74, 6) is 0.255. The highest BCUT2D eigenvalue weighted by molar-refractivity contribution is 5.82. The number of amides is 2. The number of nitrogens with one attached hydrogen (secondary N) is 1. The predicted molar refractivity (Wildman–Crippen MR) is 80.5 cm³/mol. The maximum Gasteiger partial charge on any atom is 0.223 e. The summed E-state index contributed by atoms with van der Waals surface area (Å²) in [5.41, 5.74) is 2.34. The molecule has 4 heteroatoms. The van der Waals surface area contributed by atoms with Gasteiger partial charge in [-0.2, -0.15) is 0 Å². The molecular weight excluding hydrogens is 264 g/mol. The summed E-state index contributed by atoms with van der Waals surface area (Å²) < 4.78 is 0. The van der Waals surface area contributed by atoms with Gasteiger partial charge >= 0.3 is 0 Å². The van der Waals surface area contributed by atoms with Crippen molar-refractivity contribution in [2.75, 3.05) is 0 Å². The largest absolute Gasteiger partial charge is 0.353 e. The van der Waals surface area contributed by atoms with E-state index in [4.69, 9.17) is 0 Å². The summed E-state index contributed by atoms with van der Waals surface area (Å²) >= 11 is 0. The Balaban J connectivity index is 1.61. The third-order valence-corrected chi connectivity index (χ3v) is 4.29. The fourth-order valence-electron chi connectivity index (χ4n) is 2.84. The molecule has 2 aliphatic rings. The van der Waals surface area contributed by atoms with Crippen molar-refractivity contribution in [3.05, 3.63) is 35.4 Å². The molecule has 4 nitrogen and oxygen atoms in total. The maximum atomic E-state index is 12.1. The highest BCUT2D eigenvalue weighted by Gasteiger charge is 2.33. The molecule has 1 heterocycles. The SMILES string of the molecule is Cc1ccc(CN2C(=O)CCC2CC(=O)NC2CC2)cc1. The third kappa shape index (κ3) is 3.63. The molecule has 1 aliphatic heterocycles. The van der Waals surface area contributed by atoms with Crippen molar-refractivity contribution in [1.29, 1.82) is 0 Å². The minimum Gasteiger partial charge on any atom is -0.353 e. The van der Waals surface area contributed by atoms with Crippen molar-refractivity contribution in [2.24, 2.45) is 0 Å². The normalized spacial score (nSPS) is 21.7. The molecule has 21 heavy (non-hydrogen) atoms. The minimum absolute atomic E-state index is 0.0533. The monoisotopic (exact) mass is 286 g/mol. The number of benzene rings is 1. The molecule has 1 aromatic carbocycles. The number of likely N-dealkylation sites (tertiary alicyclic amines) is 1. The minimum atomic E-state index is 0.0533. The van der Waals surface area contributed by atoms with Gasteiger partial charge < -0.3 is 10.2 Å². The van der Waals surface area contributed by atoms with Crippen LogP contribution in [0, 0.1) is 6.92 Å². The van der Waals surface area contributed by atoms with E-state index in [-0.39, 0.29) is 17.9 Å². The molecule has 0 bridgehead atoms. The second-order valence-corrected chi connectivity index (χ2v) is 6.25. The zero-order valence-corrected chi connectivity index (χ0v) is 12.5. The standard InChI is InChI=1S/C17H22N2O2/c1-12-2-4-13(5-3-12)11-19-15(8-9-17(19)21)10-16(20)18-14-6-7-14/h2-5,14-15H,6-11H2,1H3,(H,18,20). The van der Waals surface area contributed by atoms with Crippen molar-refractivity contribution in [1.82, 2.24) is 10.2 Å². The Hall–Kier alpha value is -1.84. The van der Waals surface area contributed by atoms with Crippen molar-refractivity contribution < 1.29 is 9.59 Å². The lowest BCUT2D eigenvalue weighted by atomic mass is 10.1. The van der Waals surface area contributed by atoms with Crippen LogP contribution in [0.15, 0.2) is 24.3 Å². The first-order valence-corrected chi connectivity index (χ1v) is 7.76. The quantitative estimate of drug-likeness (QED) is 0.901. The number of nitrogens with zero attached hydrogens (tertiary/aromatic N) is 1. The average Bonchev–Trinajstić information content (AvgIpc) is 3.20. The Kier molecular flexibility index (Phi) is 3.95. The zero-order valence-electron chi connectivity index (χ0n) is 12.5. The molecule has 1 atom stereocenters. The first-order valence-electron chi connectivity index (χ1n) is 7.76. The molecule has 0 spiro atoms. The van der Waals surface area contributed by atoms with E-state index < -0.39 is 0 Å². The van der Waals surface area contributed by atoms with E-state index in [9.17, 15) is 9.59 Å². The lowest BCUT2D eigenvalue weighted by Crippen LogP contribution is -2.37. The molecule has 0 aromatic heterocycles. The van der Waals surface area contributed by atoms with Gasteiger partial charge in [0.05, 0.1) is 0 Å². The van der Waals surface area contributed by atoms with E-state index in [1.54, 1.807) is 0 Å². The van der Waals surface area contributed by atoms with Crippen LogP contribution in [0.5, 0.6) is 0 Å². The second-order valence-electron chi connectivity index (χ2n) is 6.25. The number of hydrogen-bond donors (Lipinski definition) is 1. The van der Waals surface area contributed by atoms with Gasteiger partial charge in [-0.05, 0) is 31.7 Å². The predicted octanol–water partition coefficient (Wildman–Crippen LogP) is 2.15. The van der Waals surface area contributed by atoms with Crippen LogP contribution in [0.2, 0.25) is 0 Å². The summed E-state index contributed by atoms with van der Waals surface area (Å²) in [4.78, 5) is 25.9. The Morgan fingerprint density at radius 2 is 1.95 bits per heavy atom. The van der Waals surface area contributed by atoms with Crippen molar-refractivity contribution in [3.63, 3.8) is 0 Å². The van der Waals surface area contributed by atoms with Gasteiger partial charge in [-0.25, -0.2) is 0 Å². The zero-order chi connectivity index (χ0) is 14.8. The molecule has 1 N–H and O–H groups in total. The van der Waals surface area contributed by atoms with Crippen LogP contribution in [0.3, 0.4) is 0 Å². The second kappa shape index (κ2) is 5.88. The Morgan fingerprint density at radius 3 is 2.62 bits per heavy atom. The molecule has 1 saturated heterocycles. The number of aryl methyl sites for hydroxylation is 1. The molecule has 0 radical (unpaired) electrons. The van der Waals surface area contributed by atoms with E-state index in [0.29, 0.717) is 25.4 Å². The van der Waals surface area contributed by atoms with Gasteiger partial charge in [0, 0.05) is 31.5 Å². The van der Waals surface area contributed by atoms with E-state index in [1.807, 2.05) is 4.90 Å². The highest BCUT2D eigenvalue weighted by atomic mass is 16.2. The van der Waals surface area contributed by atoms with Crippen LogP contribution in [-0.2, 0) is 16.1 Å². The van der Waals surface area contributed by atoms with Crippen molar-refractivity contribution in [3.8, 4) is 0 Å². The smallest absolute Gasteiger partial charge is 0.223 e. The molecule has 1 saturated carbocycles. The molecule has 112 valence electrons. The van der Waals surface area contributed by atoms with Gasteiger partial charge in [0.2, 0.25) is 11.8 Å². The Labute approximate surface area is 125 Å². The van der Waals surface area contributed by atoms with Crippen LogP contribution < -0.4 is 5.32 Å². The number of carbonyl (C=O) groups is 2. The van der Waals surface area contributed by atoms with Gasteiger partial charge in [-0.1, -0.05) is 29.8 Å². The summed E-state index contributed by atoms with van der Waals surface area (Å²) in [5, 5.41) is 3.01. The fourth-order valence-corrected chi connectivity index (χ4v) is 2.84. The van der Waals surface area contributed by atoms with Crippen LogP contribution in [0.4, 0.5) is 0 Å². The van der Waals surface area contributed by atoms with Crippen LogP contribution in [0.1, 0.15) is 43.2 Å². The molecule has 1 unspecified atom stereocenters. The molecule has 3 rings (SSSR count). The first kappa shape index (κ1) is 14.1. The van der Waals surface area contributed by atoms with Gasteiger partial charge in [-0.15, -0.1) is 0 Å². The maximum absolute atomic E-state index is 12.1. The van der Waals surface area contributed by atoms with Crippen molar-refractivity contribution >= 4 is 11.8 Å². The summed E-state index contributed by atoms with van der Waals surface area (Å²) in [6, 6.07) is 8.68. The average molecular weight is 286 g/mol. The van der Waals surface area contributed by atoms with E-state index in [1.165, 1.54) is 5.56 Å². The lowest BCUT2D eigenvalue weighted by Gasteiger charge is -2.24. The summed E-state index contributed by atoms with van der Waals surface area (Å²) in [6.07, 6.45) is 3.99. The van der Waals surface area contributed by atoms with Crippen molar-refractivity contribution in [2.45, 2.75) is 57.7 Å². The van der Waals surface area contributed by atoms with Gasteiger partial charge in [-0.3, -0.25) is 9.59 Å². The molecule has 1 aromatic rings. The summed E-state index contributed by atoms with van der Waals surface area (Å²) in [7, 11) is 0. The van der Waals surface area contributed by atoms with E-state index >= 15 is 0 Å². The van der Waals surface area contributed by atoms with E-state index in [2.05, 4.69) is 36.5 Å². The molecular formula is C17H22N2O2. The molecule has 2 amide bonds. The third-order valence-electron chi connectivity index (χ3n) is 4.29. The number of rotatable bonds is 5. The topological polar surface area (TPSA) is 49.4 Å². The highest BCUT2D eigenvalue weighted by Crippen LogP contribution is 2.25. The number of carbonyl (C=O) groups excluding carboxylic acids is 2. The Bertz CT molecular complexity index is 534. The molecule has 1 aliphatic carbocycles. The number of hydrogen-bond acceptors (Lipinski definition) is 2. The summed E-state index contributed by atoms with van der Waals surface area (Å²) in [6.45, 7) is 2.66. The van der Waals surface area contributed by atoms with Gasteiger partial charge in [0.15, 0.2) is 0 Å². The molecule has 2 fully saturated rings. The van der Waals surface area contributed by atoms with Crippen LogP contribution in [-0.4, -0.2) is 28.8 Å². The van der Waals surface area contributed by atoms with Gasteiger partial charge in [0.1, 0.15) is 0 Å². The van der Waals surface area contributed by atoms with E-state index in [0.717, 1.165) is 24.8 Å². The lowest BCUT2D eigenvalue weighted by molar-refractivity contribution is -0.130. The van der Waals surface area contributed by atoms with Crippen LogP contribution >= 0.6 is 0 Å². The fraction of sp³-hybridized carbons (Fsp3) is 0.529. The van der Waals surface area contributed by atoms with Gasteiger partial charge in [0.25, 0.3) is 0 Å².